The molecule has 1 saturated carbocycles. The molecule has 0 unspecified atom stereocenters. The highest BCUT2D eigenvalue weighted by atomic mass is 32.1. The lowest BCUT2D eigenvalue weighted by Gasteiger charge is -2.35. The number of fused-ring (bicyclic) bond motifs is 1. The van der Waals surface area contributed by atoms with E-state index in [9.17, 15) is 14.4 Å². The molecule has 3 atom stereocenters. The molecule has 2 aromatic rings. The largest absolute Gasteiger partial charge is 0.361 e. The van der Waals surface area contributed by atoms with Gasteiger partial charge in [-0.05, 0) is 26.3 Å². The van der Waals surface area contributed by atoms with Crippen LogP contribution in [0.15, 0.2) is 6.33 Å². The molecule has 2 aromatic heterocycles. The van der Waals surface area contributed by atoms with Crippen molar-refractivity contribution in [3.63, 3.8) is 0 Å². The number of nitrogens with zero attached hydrogens (tertiary/aromatic N) is 4. The molecule has 5 N–H and O–H groups in total. The summed E-state index contributed by atoms with van der Waals surface area (Å²) in [6.45, 7) is 1.70. The van der Waals surface area contributed by atoms with Gasteiger partial charge in [0.15, 0.2) is 5.01 Å². The Morgan fingerprint density at radius 2 is 2.10 bits per heavy atom. The molecule has 0 spiro atoms. The lowest BCUT2D eigenvalue weighted by molar-refractivity contribution is -0.138. The van der Waals surface area contributed by atoms with Gasteiger partial charge in [0.2, 0.25) is 0 Å². The standard InChI is InChI=1S/C18H24N8O3S/c1-26-5-4-11-13(7-26)30-18(24-11)17(29)23-12-6-9(15-20-8-21-25-15)2-3-10(12)22-16(28)14(19)27/h8-10,12H,2-7H2,1H3,(H2,19,27)(H,22,28)(H,23,29)(H,20,21,25)/t9-,10-,12+/m0/s1. The van der Waals surface area contributed by atoms with E-state index in [4.69, 9.17) is 5.73 Å². The van der Waals surface area contributed by atoms with Crippen molar-refractivity contribution in [2.45, 2.75) is 50.2 Å². The highest BCUT2D eigenvalue weighted by Gasteiger charge is 2.35. The Balaban J connectivity index is 1.50. The van der Waals surface area contributed by atoms with Crippen molar-refractivity contribution in [1.82, 2.24) is 35.7 Å². The summed E-state index contributed by atoms with van der Waals surface area (Å²) in [7, 11) is 2.04. The van der Waals surface area contributed by atoms with Gasteiger partial charge in [-0.15, -0.1) is 11.3 Å². The molecular formula is C18H24N8O3S. The maximum atomic E-state index is 13.0. The molecule has 1 aliphatic heterocycles. The third-order valence-electron chi connectivity index (χ3n) is 5.64. The van der Waals surface area contributed by atoms with Gasteiger partial charge in [-0.1, -0.05) is 0 Å². The van der Waals surface area contributed by atoms with E-state index in [-0.39, 0.29) is 11.8 Å². The fraction of sp³-hybridized carbons (Fsp3) is 0.556. The van der Waals surface area contributed by atoms with Crippen molar-refractivity contribution in [2.75, 3.05) is 13.6 Å². The van der Waals surface area contributed by atoms with Crippen molar-refractivity contribution in [1.29, 1.82) is 0 Å². The number of hydrogen-bond acceptors (Lipinski definition) is 8. The Labute approximate surface area is 176 Å². The molecule has 12 heteroatoms. The highest BCUT2D eigenvalue weighted by molar-refractivity contribution is 7.13. The first-order chi connectivity index (χ1) is 14.4. The SMILES string of the molecule is CN1CCc2nc(C(=O)N[C@@H]3C[C@@H](c4ncn[nH]4)CC[C@@H]3NC(=O)C(N)=O)sc2C1. The summed E-state index contributed by atoms with van der Waals surface area (Å²) in [5.41, 5.74) is 6.07. The predicted molar refractivity (Wildman–Crippen MR) is 108 cm³/mol. The second-order valence-corrected chi connectivity index (χ2v) is 8.87. The Kier molecular flexibility index (Phi) is 5.77. The number of aromatic amines is 1. The summed E-state index contributed by atoms with van der Waals surface area (Å²) in [5, 5.41) is 12.8. The zero-order valence-electron chi connectivity index (χ0n) is 16.6. The Bertz CT molecular complexity index is 943. The first kappa shape index (κ1) is 20.4. The molecule has 30 heavy (non-hydrogen) atoms. The first-order valence-corrected chi connectivity index (χ1v) is 10.7. The van der Waals surface area contributed by atoms with E-state index in [2.05, 4.69) is 35.7 Å². The van der Waals surface area contributed by atoms with Crippen LogP contribution in [0.5, 0.6) is 0 Å². The van der Waals surface area contributed by atoms with Crippen molar-refractivity contribution in [3.8, 4) is 0 Å². The third kappa shape index (κ3) is 4.33. The molecule has 1 aliphatic carbocycles. The van der Waals surface area contributed by atoms with E-state index in [1.54, 1.807) is 0 Å². The third-order valence-corrected chi connectivity index (χ3v) is 6.72. The quantitative estimate of drug-likeness (QED) is 0.464. The molecule has 3 amide bonds. The zero-order valence-corrected chi connectivity index (χ0v) is 17.4. The molecule has 1 fully saturated rings. The molecule has 4 rings (SSSR count). The van der Waals surface area contributed by atoms with E-state index < -0.39 is 23.9 Å². The van der Waals surface area contributed by atoms with Crippen molar-refractivity contribution >= 4 is 29.1 Å². The topological polar surface area (TPSA) is 159 Å². The van der Waals surface area contributed by atoms with Crippen molar-refractivity contribution < 1.29 is 14.4 Å². The monoisotopic (exact) mass is 432 g/mol. The molecular weight excluding hydrogens is 408 g/mol. The number of carbonyl (C=O) groups excluding carboxylic acids is 3. The number of H-pyrrole nitrogens is 1. The number of carbonyl (C=O) groups is 3. The van der Waals surface area contributed by atoms with Crippen LogP contribution < -0.4 is 16.4 Å². The fourth-order valence-corrected chi connectivity index (χ4v) is 5.14. The maximum absolute atomic E-state index is 13.0. The number of nitrogens with two attached hydrogens (primary N) is 1. The zero-order chi connectivity index (χ0) is 21.3. The summed E-state index contributed by atoms with van der Waals surface area (Å²) in [4.78, 5) is 48.0. The summed E-state index contributed by atoms with van der Waals surface area (Å²) in [6, 6.07) is -0.804. The number of thiazole rings is 1. The van der Waals surface area contributed by atoms with Gasteiger partial charge in [-0.3, -0.25) is 19.5 Å². The van der Waals surface area contributed by atoms with Gasteiger partial charge in [0.05, 0.1) is 11.7 Å². The van der Waals surface area contributed by atoms with Crippen molar-refractivity contribution in [2.24, 2.45) is 5.73 Å². The smallest absolute Gasteiger partial charge is 0.309 e. The van der Waals surface area contributed by atoms with Gasteiger partial charge in [0.1, 0.15) is 12.2 Å². The van der Waals surface area contributed by atoms with Crippen LogP contribution in [0.2, 0.25) is 0 Å². The van der Waals surface area contributed by atoms with Crippen LogP contribution in [0.1, 0.15) is 51.4 Å². The number of aromatic nitrogens is 4. The van der Waals surface area contributed by atoms with Gasteiger partial charge in [-0.2, -0.15) is 5.10 Å². The maximum Gasteiger partial charge on any atom is 0.309 e. The highest BCUT2D eigenvalue weighted by Crippen LogP contribution is 2.32. The molecule has 0 radical (unpaired) electrons. The second-order valence-electron chi connectivity index (χ2n) is 7.78. The second kappa shape index (κ2) is 8.48. The van der Waals surface area contributed by atoms with Crippen LogP contribution in [0, 0.1) is 0 Å². The Morgan fingerprint density at radius 1 is 1.27 bits per heavy atom. The Morgan fingerprint density at radius 3 is 2.83 bits per heavy atom. The average Bonchev–Trinajstić information content (AvgIpc) is 3.38. The minimum absolute atomic E-state index is 0.0534. The van der Waals surface area contributed by atoms with E-state index >= 15 is 0 Å². The number of amides is 3. The minimum Gasteiger partial charge on any atom is -0.361 e. The molecule has 3 heterocycles. The number of primary amides is 1. The van der Waals surface area contributed by atoms with Gasteiger partial charge >= 0.3 is 11.8 Å². The minimum atomic E-state index is -1.05. The number of likely N-dealkylation sites (N-methyl/N-ethyl adjacent to an activating group) is 1. The molecule has 0 bridgehead atoms. The van der Waals surface area contributed by atoms with Crippen LogP contribution >= 0.6 is 11.3 Å². The first-order valence-electron chi connectivity index (χ1n) is 9.84. The van der Waals surface area contributed by atoms with Gasteiger partial charge in [0.25, 0.3) is 5.91 Å². The van der Waals surface area contributed by atoms with E-state index in [1.165, 1.54) is 17.7 Å². The molecule has 160 valence electrons. The molecule has 0 aromatic carbocycles. The average molecular weight is 433 g/mol. The lowest BCUT2D eigenvalue weighted by Crippen LogP contribution is -2.56. The van der Waals surface area contributed by atoms with Crippen LogP contribution in [0.3, 0.4) is 0 Å². The summed E-state index contributed by atoms with van der Waals surface area (Å²) in [5.74, 6) is -1.39. The lowest BCUT2D eigenvalue weighted by atomic mass is 9.81. The molecule has 2 aliphatic rings. The van der Waals surface area contributed by atoms with Crippen LogP contribution in [0.4, 0.5) is 0 Å². The van der Waals surface area contributed by atoms with E-state index in [0.717, 1.165) is 42.3 Å². The van der Waals surface area contributed by atoms with Crippen LogP contribution in [-0.2, 0) is 22.6 Å². The summed E-state index contributed by atoms with van der Waals surface area (Å²) >= 11 is 1.40. The summed E-state index contributed by atoms with van der Waals surface area (Å²) in [6.07, 6.45) is 4.10. The van der Waals surface area contributed by atoms with Crippen LogP contribution in [-0.4, -0.2) is 68.5 Å². The Hall–Kier alpha value is -2.86. The van der Waals surface area contributed by atoms with Gasteiger partial charge in [0, 0.05) is 36.3 Å². The van der Waals surface area contributed by atoms with Crippen LogP contribution in [0.25, 0.3) is 0 Å². The summed E-state index contributed by atoms with van der Waals surface area (Å²) < 4.78 is 0. The van der Waals surface area contributed by atoms with Gasteiger partial charge in [-0.25, -0.2) is 9.97 Å². The number of hydrogen-bond donors (Lipinski definition) is 4. The number of rotatable bonds is 4. The molecule has 11 nitrogen and oxygen atoms in total. The van der Waals surface area contributed by atoms with Gasteiger partial charge < -0.3 is 21.3 Å². The fourth-order valence-electron chi connectivity index (χ4n) is 4.05. The molecule has 0 saturated heterocycles. The van der Waals surface area contributed by atoms with E-state index in [0.29, 0.717) is 17.8 Å². The van der Waals surface area contributed by atoms with Crippen molar-refractivity contribution in [3.05, 3.63) is 27.7 Å². The number of nitrogens with one attached hydrogen (secondary N) is 3. The van der Waals surface area contributed by atoms with E-state index in [1.807, 2.05) is 7.05 Å². The normalized spacial score (nSPS) is 24.1. The predicted octanol–water partition coefficient (Wildman–Crippen LogP) is -0.715.